The Hall–Kier alpha value is -2.15. The van der Waals surface area contributed by atoms with E-state index in [2.05, 4.69) is 4.98 Å². The minimum atomic E-state index is -4.54. The summed E-state index contributed by atoms with van der Waals surface area (Å²) in [5.41, 5.74) is 2.04. The Morgan fingerprint density at radius 2 is 1.79 bits per heavy atom. The summed E-state index contributed by atoms with van der Waals surface area (Å²) in [5, 5.41) is 1.75. The van der Waals surface area contributed by atoms with Crippen LogP contribution in [0.5, 0.6) is 5.75 Å². The summed E-state index contributed by atoms with van der Waals surface area (Å²) in [6.45, 7) is 7.25. The van der Waals surface area contributed by atoms with Crippen LogP contribution in [0.4, 0.5) is 17.6 Å². The summed E-state index contributed by atoms with van der Waals surface area (Å²) in [5.74, 6) is -0.0122. The Bertz CT molecular complexity index is 798. The highest BCUT2D eigenvalue weighted by molar-refractivity contribution is 5.39. The van der Waals surface area contributed by atoms with Gasteiger partial charge in [-0.25, -0.2) is 9.71 Å². The molecule has 1 aromatic carbocycles. The van der Waals surface area contributed by atoms with Gasteiger partial charge in [0.25, 0.3) is 0 Å². The number of ether oxygens (including phenoxy) is 1. The van der Waals surface area contributed by atoms with E-state index in [1.807, 2.05) is 19.9 Å². The van der Waals surface area contributed by atoms with Gasteiger partial charge in [-0.1, -0.05) is 13.8 Å². The molecular formula is C21H26F4N2O. The lowest BCUT2D eigenvalue weighted by Crippen LogP contribution is -2.45. The van der Waals surface area contributed by atoms with Gasteiger partial charge in [0.05, 0.1) is 7.11 Å². The average Bonchev–Trinajstić information content (AvgIpc) is 2.51. The number of benzene rings is 1. The quantitative estimate of drug-likeness (QED) is 0.512. The van der Waals surface area contributed by atoms with E-state index in [4.69, 9.17) is 4.74 Å². The van der Waals surface area contributed by atoms with E-state index in [0.717, 1.165) is 11.3 Å². The predicted molar refractivity (Wildman–Crippen MR) is 101 cm³/mol. The molecule has 1 unspecified atom stereocenters. The number of alkyl halides is 3. The van der Waals surface area contributed by atoms with Gasteiger partial charge in [-0.05, 0) is 61.6 Å². The Morgan fingerprint density at radius 3 is 2.36 bits per heavy atom. The molecule has 0 bridgehead atoms. The molecule has 0 aliphatic carbocycles. The van der Waals surface area contributed by atoms with Crippen molar-refractivity contribution in [2.45, 2.75) is 58.3 Å². The first kappa shape index (κ1) is 22.1. The van der Waals surface area contributed by atoms with Crippen LogP contribution < -0.4 is 10.1 Å². The van der Waals surface area contributed by atoms with Crippen molar-refractivity contribution in [3.63, 3.8) is 0 Å². The molecule has 1 heterocycles. The van der Waals surface area contributed by atoms with Gasteiger partial charge in [0.15, 0.2) is 0 Å². The molecule has 1 N–H and O–H groups in total. The monoisotopic (exact) mass is 398 g/mol. The lowest BCUT2D eigenvalue weighted by molar-refractivity contribution is -0.165. The molecule has 0 aliphatic rings. The van der Waals surface area contributed by atoms with Gasteiger partial charge in [-0.15, -0.1) is 0 Å². The summed E-state index contributed by atoms with van der Waals surface area (Å²) in [6, 6.07) is 6.80. The maximum Gasteiger partial charge on any atom is 0.457 e. The van der Waals surface area contributed by atoms with Crippen LogP contribution in [0.1, 0.15) is 42.8 Å². The first-order valence-corrected chi connectivity index (χ1v) is 9.02. The number of aryl methyl sites for hydroxylation is 2. The van der Waals surface area contributed by atoms with Crippen molar-refractivity contribution in [2.24, 2.45) is 0 Å². The lowest BCUT2D eigenvalue weighted by atomic mass is 9.77. The third-order valence-corrected chi connectivity index (χ3v) is 4.62. The molecule has 28 heavy (non-hydrogen) atoms. The lowest BCUT2D eigenvalue weighted by Gasteiger charge is -2.32. The largest absolute Gasteiger partial charge is 0.496 e. The number of nitrogens with one attached hydrogen (secondary N) is 1. The van der Waals surface area contributed by atoms with E-state index >= 15 is 0 Å². The van der Waals surface area contributed by atoms with Crippen LogP contribution in [0.15, 0.2) is 30.3 Å². The average molecular weight is 398 g/mol. The number of hydrogen-bond donors (Lipinski definition) is 1. The van der Waals surface area contributed by atoms with Crippen molar-refractivity contribution in [3.05, 3.63) is 58.7 Å². The van der Waals surface area contributed by atoms with Gasteiger partial charge in [0.2, 0.25) is 0 Å². The van der Waals surface area contributed by atoms with Crippen LogP contribution >= 0.6 is 0 Å². The number of pyridine rings is 1. The van der Waals surface area contributed by atoms with Crippen molar-refractivity contribution in [1.82, 2.24) is 10.3 Å². The Morgan fingerprint density at radius 1 is 1.11 bits per heavy atom. The van der Waals surface area contributed by atoms with Crippen molar-refractivity contribution >= 4 is 0 Å². The normalized spacial score (nSPS) is 13.5. The zero-order chi connectivity index (χ0) is 21.1. The Balaban J connectivity index is 2.34. The van der Waals surface area contributed by atoms with Crippen molar-refractivity contribution in [3.8, 4) is 5.75 Å². The molecule has 0 amide bonds. The fourth-order valence-electron chi connectivity index (χ4n) is 3.62. The van der Waals surface area contributed by atoms with Crippen molar-refractivity contribution in [2.75, 3.05) is 7.11 Å². The van der Waals surface area contributed by atoms with E-state index in [-0.39, 0.29) is 12.8 Å². The molecule has 0 spiro atoms. The summed E-state index contributed by atoms with van der Waals surface area (Å²) >= 11 is 0. The van der Waals surface area contributed by atoms with E-state index < -0.39 is 23.6 Å². The maximum atomic E-state index is 13.8. The van der Waals surface area contributed by atoms with E-state index in [1.54, 1.807) is 25.2 Å². The van der Waals surface area contributed by atoms with Gasteiger partial charge in [0.1, 0.15) is 11.6 Å². The molecule has 7 heteroatoms. The van der Waals surface area contributed by atoms with Gasteiger partial charge < -0.3 is 4.74 Å². The predicted octanol–water partition coefficient (Wildman–Crippen LogP) is 5.23. The Labute approximate surface area is 163 Å². The van der Waals surface area contributed by atoms with E-state index in [9.17, 15) is 17.6 Å². The highest BCUT2D eigenvalue weighted by Gasteiger charge is 2.36. The second-order valence-electron chi connectivity index (χ2n) is 7.75. The van der Waals surface area contributed by atoms with E-state index in [0.29, 0.717) is 17.0 Å². The van der Waals surface area contributed by atoms with Crippen molar-refractivity contribution < 1.29 is 22.3 Å². The molecule has 154 valence electrons. The standard InChI is InChI=1S/C21H26F4N2O/c1-13-8-14(2)26-16(9-13)11-17(27-21(23,24)25)12-20(3,4)18-10-15(22)6-7-19(18)28-5/h6-10,17,27H,11-12H2,1-5H3. The van der Waals surface area contributed by atoms with Crippen LogP contribution in [-0.2, 0) is 11.8 Å². The van der Waals surface area contributed by atoms with Crippen LogP contribution in [0.2, 0.25) is 0 Å². The zero-order valence-corrected chi connectivity index (χ0v) is 16.7. The van der Waals surface area contributed by atoms with Gasteiger partial charge >= 0.3 is 6.30 Å². The third-order valence-electron chi connectivity index (χ3n) is 4.62. The summed E-state index contributed by atoms with van der Waals surface area (Å²) in [7, 11) is 1.46. The number of aromatic nitrogens is 1. The van der Waals surface area contributed by atoms with Crippen LogP contribution in [0.3, 0.4) is 0 Å². The number of nitrogens with zero attached hydrogens (tertiary/aromatic N) is 1. The number of rotatable bonds is 7. The minimum absolute atomic E-state index is 0.100. The maximum absolute atomic E-state index is 13.8. The highest BCUT2D eigenvalue weighted by Crippen LogP contribution is 2.36. The summed E-state index contributed by atoms with van der Waals surface area (Å²) in [4.78, 5) is 4.36. The van der Waals surface area contributed by atoms with Crippen LogP contribution in [0, 0.1) is 19.7 Å². The molecule has 0 saturated heterocycles. The molecule has 0 aliphatic heterocycles. The molecule has 2 aromatic rings. The summed E-state index contributed by atoms with van der Waals surface area (Å²) < 4.78 is 58.5. The van der Waals surface area contributed by atoms with Gasteiger partial charge in [0, 0.05) is 29.4 Å². The van der Waals surface area contributed by atoms with Crippen molar-refractivity contribution in [1.29, 1.82) is 0 Å². The zero-order valence-electron chi connectivity index (χ0n) is 16.7. The molecule has 0 radical (unpaired) electrons. The molecule has 1 atom stereocenters. The molecular weight excluding hydrogens is 372 g/mol. The SMILES string of the molecule is COc1ccc(F)cc1C(C)(C)CC(Cc1cc(C)cc(C)n1)NC(F)(F)F. The van der Waals surface area contributed by atoms with Crippen LogP contribution in [0.25, 0.3) is 0 Å². The number of hydrogen-bond acceptors (Lipinski definition) is 3. The third kappa shape index (κ3) is 6.19. The topological polar surface area (TPSA) is 34.1 Å². The number of halogens is 4. The molecule has 0 saturated carbocycles. The smallest absolute Gasteiger partial charge is 0.457 e. The Kier molecular flexibility index (Phi) is 6.70. The molecule has 1 aromatic heterocycles. The highest BCUT2D eigenvalue weighted by atomic mass is 19.4. The number of methoxy groups -OCH3 is 1. The minimum Gasteiger partial charge on any atom is -0.496 e. The molecule has 0 fully saturated rings. The fraction of sp³-hybridized carbons (Fsp3) is 0.476. The first-order chi connectivity index (χ1) is 12.9. The first-order valence-electron chi connectivity index (χ1n) is 9.02. The second kappa shape index (κ2) is 8.47. The second-order valence-corrected chi connectivity index (χ2v) is 7.75. The van der Waals surface area contributed by atoms with Gasteiger partial charge in [-0.3, -0.25) is 4.98 Å². The van der Waals surface area contributed by atoms with E-state index in [1.165, 1.54) is 25.3 Å². The molecule has 3 nitrogen and oxygen atoms in total. The van der Waals surface area contributed by atoms with Gasteiger partial charge in [-0.2, -0.15) is 13.2 Å². The van der Waals surface area contributed by atoms with Crippen LogP contribution in [-0.4, -0.2) is 24.4 Å². The fourth-order valence-corrected chi connectivity index (χ4v) is 3.62. The summed E-state index contributed by atoms with van der Waals surface area (Å²) in [6.07, 6.45) is -4.32. The molecule has 2 rings (SSSR count).